The third-order valence-corrected chi connectivity index (χ3v) is 6.96. The van der Waals surface area contributed by atoms with Crippen molar-refractivity contribution >= 4 is 11.5 Å². The van der Waals surface area contributed by atoms with Crippen LogP contribution in [0, 0.1) is 16.7 Å². The Morgan fingerprint density at radius 2 is 1.85 bits per heavy atom. The predicted molar refractivity (Wildman–Crippen MR) is 125 cm³/mol. The van der Waals surface area contributed by atoms with Crippen LogP contribution >= 0.6 is 0 Å². The Morgan fingerprint density at radius 1 is 1.12 bits per heavy atom. The number of hydrogen-bond acceptors (Lipinski definition) is 3. The maximum Gasteiger partial charge on any atom is 0.471 e. The first-order valence-electron chi connectivity index (χ1n) is 11.6. The van der Waals surface area contributed by atoms with Gasteiger partial charge in [-0.1, -0.05) is 48.5 Å². The van der Waals surface area contributed by atoms with Gasteiger partial charge in [0, 0.05) is 6.54 Å². The first-order chi connectivity index (χ1) is 16.3. The molecule has 1 amide bonds. The van der Waals surface area contributed by atoms with E-state index < -0.39 is 23.5 Å². The number of carbonyl (C=O) groups is 1. The van der Waals surface area contributed by atoms with E-state index in [4.69, 9.17) is 0 Å². The summed E-state index contributed by atoms with van der Waals surface area (Å²) in [6, 6.07) is 18.3. The molecule has 0 saturated carbocycles. The molecular weight excluding hydrogens is 439 g/mol. The van der Waals surface area contributed by atoms with Gasteiger partial charge in [-0.25, -0.2) is 0 Å². The van der Waals surface area contributed by atoms with Gasteiger partial charge in [0.15, 0.2) is 0 Å². The Morgan fingerprint density at radius 3 is 2.53 bits per heavy atom. The standard InChI is InChI=1S/C27H28F3N3O/c28-27(29,30)25(34)33(24-10-9-23(16-24)22-7-2-1-3-8-22)19-26(11-13-32-14-12-26)17-20-5-4-6-21(15-20)18-31/h1-8,15-16,24,32H,9-14,17,19H2. The number of alkyl halides is 3. The average molecular weight is 468 g/mol. The number of hydrogen-bond donors (Lipinski definition) is 1. The van der Waals surface area contributed by atoms with Crippen LogP contribution in [0.15, 0.2) is 60.7 Å². The lowest BCUT2D eigenvalue weighted by molar-refractivity contribution is -0.189. The van der Waals surface area contributed by atoms with Crippen LogP contribution in [0.1, 0.15) is 42.4 Å². The number of carbonyl (C=O) groups excluding carboxylic acids is 1. The molecule has 1 fully saturated rings. The summed E-state index contributed by atoms with van der Waals surface area (Å²) < 4.78 is 41.2. The summed E-state index contributed by atoms with van der Waals surface area (Å²) in [5, 5.41) is 12.5. The molecule has 0 spiro atoms. The molecule has 0 bridgehead atoms. The summed E-state index contributed by atoms with van der Waals surface area (Å²) in [5.41, 5.74) is 2.90. The van der Waals surface area contributed by atoms with E-state index in [1.165, 1.54) is 0 Å². The Labute approximate surface area is 198 Å². The van der Waals surface area contributed by atoms with Crippen molar-refractivity contribution in [3.63, 3.8) is 0 Å². The number of nitrogens with zero attached hydrogens (tertiary/aromatic N) is 2. The smallest absolute Gasteiger partial charge is 0.328 e. The van der Waals surface area contributed by atoms with Crippen molar-refractivity contribution in [2.24, 2.45) is 5.41 Å². The molecule has 178 valence electrons. The molecule has 1 atom stereocenters. The van der Waals surface area contributed by atoms with E-state index in [1.54, 1.807) is 18.2 Å². The molecule has 4 rings (SSSR count). The Kier molecular flexibility index (Phi) is 7.08. The number of nitriles is 1. The lowest BCUT2D eigenvalue weighted by Crippen LogP contribution is -2.53. The molecule has 1 aliphatic carbocycles. The van der Waals surface area contributed by atoms with Gasteiger partial charge in [-0.15, -0.1) is 0 Å². The van der Waals surface area contributed by atoms with E-state index in [2.05, 4.69) is 11.4 Å². The minimum Gasteiger partial charge on any atom is -0.328 e. The second-order valence-electron chi connectivity index (χ2n) is 9.33. The third-order valence-electron chi connectivity index (χ3n) is 6.96. The molecule has 1 N–H and O–H groups in total. The van der Waals surface area contributed by atoms with Crippen LogP contribution in [0.2, 0.25) is 0 Å². The zero-order valence-electron chi connectivity index (χ0n) is 18.9. The molecule has 0 radical (unpaired) electrons. The first-order valence-corrected chi connectivity index (χ1v) is 11.6. The maximum absolute atomic E-state index is 13.7. The van der Waals surface area contributed by atoms with Crippen LogP contribution in [-0.4, -0.2) is 42.7 Å². The van der Waals surface area contributed by atoms with Gasteiger partial charge in [0.2, 0.25) is 0 Å². The maximum atomic E-state index is 13.7. The molecule has 2 aliphatic rings. The summed E-state index contributed by atoms with van der Waals surface area (Å²) in [6.45, 7) is 1.40. The van der Waals surface area contributed by atoms with Gasteiger partial charge in [-0.2, -0.15) is 18.4 Å². The van der Waals surface area contributed by atoms with Crippen molar-refractivity contribution in [3.8, 4) is 6.07 Å². The zero-order chi connectivity index (χ0) is 24.2. The van der Waals surface area contributed by atoms with E-state index in [0.29, 0.717) is 50.8 Å². The van der Waals surface area contributed by atoms with E-state index in [-0.39, 0.29) is 6.54 Å². The number of allylic oxidation sites excluding steroid dienone is 1. The minimum absolute atomic E-state index is 0.0348. The molecule has 7 heteroatoms. The highest BCUT2D eigenvalue weighted by Crippen LogP contribution is 2.39. The fourth-order valence-corrected chi connectivity index (χ4v) is 5.24. The molecule has 1 aliphatic heterocycles. The summed E-state index contributed by atoms with van der Waals surface area (Å²) in [4.78, 5) is 13.7. The van der Waals surface area contributed by atoms with Crippen molar-refractivity contribution < 1.29 is 18.0 Å². The number of benzene rings is 2. The molecule has 1 saturated heterocycles. The van der Waals surface area contributed by atoms with Crippen molar-refractivity contribution in [2.45, 2.75) is 44.3 Å². The van der Waals surface area contributed by atoms with E-state index >= 15 is 0 Å². The SMILES string of the molecule is N#Cc1cccc(CC2(CN(C(=O)C(F)(F)F)C3C=C(c4ccccc4)CC3)CCNCC2)c1. The third kappa shape index (κ3) is 5.51. The van der Waals surface area contributed by atoms with Gasteiger partial charge in [0.05, 0.1) is 17.7 Å². The monoisotopic (exact) mass is 467 g/mol. The van der Waals surface area contributed by atoms with Crippen LogP contribution in [0.5, 0.6) is 0 Å². The van der Waals surface area contributed by atoms with Gasteiger partial charge in [-0.3, -0.25) is 4.79 Å². The second kappa shape index (κ2) is 10.0. The van der Waals surface area contributed by atoms with Gasteiger partial charge in [-0.05, 0) is 79.4 Å². The van der Waals surface area contributed by atoms with Crippen molar-refractivity contribution in [1.29, 1.82) is 5.26 Å². The van der Waals surface area contributed by atoms with Gasteiger partial charge < -0.3 is 10.2 Å². The van der Waals surface area contributed by atoms with Crippen molar-refractivity contribution in [1.82, 2.24) is 10.2 Å². The Bertz CT molecular complexity index is 1080. The topological polar surface area (TPSA) is 56.1 Å². The van der Waals surface area contributed by atoms with E-state index in [9.17, 15) is 23.2 Å². The molecule has 2 aromatic carbocycles. The summed E-state index contributed by atoms with van der Waals surface area (Å²) in [5.74, 6) is -1.77. The zero-order valence-corrected chi connectivity index (χ0v) is 18.9. The van der Waals surface area contributed by atoms with Gasteiger partial charge in [0.1, 0.15) is 0 Å². The summed E-state index contributed by atoms with van der Waals surface area (Å²) in [7, 11) is 0. The summed E-state index contributed by atoms with van der Waals surface area (Å²) in [6.07, 6.45) is -0.143. The first kappa shape index (κ1) is 24.0. The fraction of sp³-hybridized carbons (Fsp3) is 0.407. The second-order valence-corrected chi connectivity index (χ2v) is 9.33. The molecule has 2 aromatic rings. The lowest BCUT2D eigenvalue weighted by Gasteiger charge is -2.43. The van der Waals surface area contributed by atoms with Crippen LogP contribution in [-0.2, 0) is 11.2 Å². The number of rotatable bonds is 6. The molecule has 34 heavy (non-hydrogen) atoms. The van der Waals surface area contributed by atoms with Crippen LogP contribution < -0.4 is 5.32 Å². The molecule has 1 unspecified atom stereocenters. The van der Waals surface area contributed by atoms with E-state index in [0.717, 1.165) is 21.6 Å². The predicted octanol–water partition coefficient (Wildman–Crippen LogP) is 5.11. The number of amides is 1. The lowest BCUT2D eigenvalue weighted by atomic mass is 9.73. The number of nitrogens with one attached hydrogen (secondary N) is 1. The average Bonchev–Trinajstić information content (AvgIpc) is 3.33. The van der Waals surface area contributed by atoms with Crippen molar-refractivity contribution in [2.75, 3.05) is 19.6 Å². The highest BCUT2D eigenvalue weighted by Gasteiger charge is 2.47. The largest absolute Gasteiger partial charge is 0.471 e. The number of halogens is 3. The minimum atomic E-state index is -4.93. The highest BCUT2D eigenvalue weighted by atomic mass is 19.4. The molecule has 4 nitrogen and oxygen atoms in total. The van der Waals surface area contributed by atoms with Crippen molar-refractivity contribution in [3.05, 3.63) is 77.4 Å². The molecule has 1 heterocycles. The Hall–Kier alpha value is -3.11. The normalized spacial score (nSPS) is 19.8. The number of piperidine rings is 1. The fourth-order valence-electron chi connectivity index (χ4n) is 5.24. The van der Waals surface area contributed by atoms with Crippen LogP contribution in [0.4, 0.5) is 13.2 Å². The van der Waals surface area contributed by atoms with Gasteiger partial charge in [0.25, 0.3) is 0 Å². The quantitative estimate of drug-likeness (QED) is 0.643. The van der Waals surface area contributed by atoms with Gasteiger partial charge >= 0.3 is 12.1 Å². The van der Waals surface area contributed by atoms with E-state index in [1.807, 2.05) is 42.5 Å². The molecule has 0 aromatic heterocycles. The van der Waals surface area contributed by atoms with Crippen LogP contribution in [0.3, 0.4) is 0 Å². The highest BCUT2D eigenvalue weighted by molar-refractivity contribution is 5.83. The Balaban J connectivity index is 1.65. The van der Waals surface area contributed by atoms with Crippen LogP contribution in [0.25, 0.3) is 5.57 Å². The molecular formula is C27H28F3N3O. The summed E-state index contributed by atoms with van der Waals surface area (Å²) >= 11 is 0.